The van der Waals surface area contributed by atoms with Crippen LogP contribution in [0.3, 0.4) is 0 Å². The van der Waals surface area contributed by atoms with E-state index in [-0.39, 0.29) is 0 Å². The molecule has 0 aromatic heterocycles. The van der Waals surface area contributed by atoms with Crippen LogP contribution in [-0.4, -0.2) is 6.04 Å². The molecule has 0 radical (unpaired) electrons. The summed E-state index contributed by atoms with van der Waals surface area (Å²) >= 11 is 5.87. The van der Waals surface area contributed by atoms with Gasteiger partial charge in [-0.05, 0) is 48.7 Å². The first-order valence-corrected chi connectivity index (χ1v) is 7.74. The van der Waals surface area contributed by atoms with E-state index in [4.69, 9.17) is 16.3 Å². The molecule has 0 saturated heterocycles. The highest BCUT2D eigenvalue weighted by Gasteiger charge is 2.01. The van der Waals surface area contributed by atoms with E-state index in [2.05, 4.69) is 31.3 Å². The average Bonchev–Trinajstić information content (AvgIpc) is 2.52. The van der Waals surface area contributed by atoms with Gasteiger partial charge in [0.2, 0.25) is 0 Å². The summed E-state index contributed by atoms with van der Waals surface area (Å²) in [4.78, 5) is 0. The van der Waals surface area contributed by atoms with Gasteiger partial charge in [0.1, 0.15) is 12.4 Å². The third-order valence-corrected chi connectivity index (χ3v) is 3.74. The number of hydrogen-bond acceptors (Lipinski definition) is 2. The van der Waals surface area contributed by atoms with Gasteiger partial charge in [-0.2, -0.15) is 0 Å². The van der Waals surface area contributed by atoms with Crippen LogP contribution in [0.2, 0.25) is 5.02 Å². The third-order valence-electron chi connectivity index (χ3n) is 3.48. The van der Waals surface area contributed by atoms with Crippen LogP contribution in [0.15, 0.2) is 48.5 Å². The Kier molecular flexibility index (Phi) is 6.09. The highest BCUT2D eigenvalue weighted by Crippen LogP contribution is 2.16. The van der Waals surface area contributed by atoms with E-state index in [9.17, 15) is 0 Å². The van der Waals surface area contributed by atoms with Gasteiger partial charge in [-0.25, -0.2) is 0 Å². The molecule has 0 saturated carbocycles. The second-order valence-corrected chi connectivity index (χ2v) is 5.69. The summed E-state index contributed by atoms with van der Waals surface area (Å²) in [5, 5.41) is 4.23. The van der Waals surface area contributed by atoms with Gasteiger partial charge in [0.25, 0.3) is 0 Å². The fourth-order valence-electron chi connectivity index (χ4n) is 1.93. The number of nitrogens with one attached hydrogen (secondary N) is 1. The quantitative estimate of drug-likeness (QED) is 0.793. The Bertz CT molecular complexity index is 553. The molecule has 0 fully saturated rings. The Morgan fingerprint density at radius 1 is 1.10 bits per heavy atom. The van der Waals surface area contributed by atoms with Crippen molar-refractivity contribution in [3.63, 3.8) is 0 Å². The minimum atomic E-state index is 0.531. The van der Waals surface area contributed by atoms with Crippen LogP contribution < -0.4 is 10.1 Å². The van der Waals surface area contributed by atoms with E-state index in [0.717, 1.165) is 29.3 Å². The number of ether oxygens (including phenoxy) is 1. The summed E-state index contributed by atoms with van der Waals surface area (Å²) in [5.41, 5.74) is 2.35. The molecule has 0 heterocycles. The van der Waals surface area contributed by atoms with E-state index in [1.807, 2.05) is 36.4 Å². The fourth-order valence-corrected chi connectivity index (χ4v) is 2.05. The number of halogens is 1. The maximum atomic E-state index is 5.87. The van der Waals surface area contributed by atoms with Gasteiger partial charge in [0, 0.05) is 17.6 Å². The van der Waals surface area contributed by atoms with Crippen LogP contribution in [0.1, 0.15) is 31.4 Å². The number of benzene rings is 2. The first kappa shape index (κ1) is 15.9. The molecule has 2 nitrogen and oxygen atoms in total. The van der Waals surface area contributed by atoms with Crippen molar-refractivity contribution in [2.24, 2.45) is 0 Å². The number of rotatable bonds is 7. The maximum Gasteiger partial charge on any atom is 0.120 e. The van der Waals surface area contributed by atoms with Gasteiger partial charge in [-0.3, -0.25) is 0 Å². The van der Waals surface area contributed by atoms with E-state index in [1.165, 1.54) is 5.56 Å². The van der Waals surface area contributed by atoms with Gasteiger partial charge in [-0.15, -0.1) is 0 Å². The zero-order valence-corrected chi connectivity index (χ0v) is 13.4. The van der Waals surface area contributed by atoms with Crippen LogP contribution >= 0.6 is 11.6 Å². The lowest BCUT2D eigenvalue weighted by molar-refractivity contribution is 0.306. The predicted molar refractivity (Wildman–Crippen MR) is 88.8 cm³/mol. The van der Waals surface area contributed by atoms with Gasteiger partial charge >= 0.3 is 0 Å². The molecule has 21 heavy (non-hydrogen) atoms. The molecule has 0 aliphatic carbocycles. The molecular weight excluding hydrogens is 282 g/mol. The molecule has 1 N–H and O–H groups in total. The lowest BCUT2D eigenvalue weighted by atomic mass is 10.2. The van der Waals surface area contributed by atoms with Gasteiger partial charge in [0.05, 0.1) is 0 Å². The standard InChI is InChI=1S/C18H22ClNO/c1-3-14(2)20-12-16-5-4-6-18(11-16)21-13-15-7-9-17(19)10-8-15/h4-11,14,20H,3,12-13H2,1-2H3/t14-/m1/s1. The number of hydrogen-bond donors (Lipinski definition) is 1. The first-order chi connectivity index (χ1) is 10.2. The highest BCUT2D eigenvalue weighted by atomic mass is 35.5. The molecule has 0 amide bonds. The smallest absolute Gasteiger partial charge is 0.120 e. The van der Waals surface area contributed by atoms with Crippen molar-refractivity contribution in [3.8, 4) is 5.75 Å². The minimum Gasteiger partial charge on any atom is -0.489 e. The van der Waals surface area contributed by atoms with E-state index in [1.54, 1.807) is 0 Å². The zero-order valence-electron chi connectivity index (χ0n) is 12.6. The second kappa shape index (κ2) is 8.06. The van der Waals surface area contributed by atoms with E-state index >= 15 is 0 Å². The largest absolute Gasteiger partial charge is 0.489 e. The summed E-state index contributed by atoms with van der Waals surface area (Å²) in [6, 6.07) is 16.5. The van der Waals surface area contributed by atoms with Crippen LogP contribution in [0, 0.1) is 0 Å². The van der Waals surface area contributed by atoms with Crippen molar-refractivity contribution >= 4 is 11.6 Å². The van der Waals surface area contributed by atoms with Crippen LogP contribution in [-0.2, 0) is 13.2 Å². The second-order valence-electron chi connectivity index (χ2n) is 5.25. The van der Waals surface area contributed by atoms with Crippen molar-refractivity contribution in [2.45, 2.75) is 39.5 Å². The molecule has 3 heteroatoms. The van der Waals surface area contributed by atoms with Gasteiger partial charge in [0.15, 0.2) is 0 Å². The zero-order chi connectivity index (χ0) is 15.1. The average molecular weight is 304 g/mol. The van der Waals surface area contributed by atoms with E-state index < -0.39 is 0 Å². The molecule has 0 bridgehead atoms. The van der Waals surface area contributed by atoms with Crippen molar-refractivity contribution in [3.05, 3.63) is 64.7 Å². The van der Waals surface area contributed by atoms with Crippen LogP contribution in [0.5, 0.6) is 5.75 Å². The van der Waals surface area contributed by atoms with Crippen molar-refractivity contribution in [1.29, 1.82) is 0 Å². The lowest BCUT2D eigenvalue weighted by Crippen LogP contribution is -2.24. The summed E-state index contributed by atoms with van der Waals surface area (Å²) in [6.07, 6.45) is 1.13. The molecule has 2 aromatic carbocycles. The van der Waals surface area contributed by atoms with Gasteiger partial charge in [-0.1, -0.05) is 42.8 Å². The van der Waals surface area contributed by atoms with Crippen LogP contribution in [0.4, 0.5) is 0 Å². The molecular formula is C18H22ClNO. The fraction of sp³-hybridized carbons (Fsp3) is 0.333. The van der Waals surface area contributed by atoms with E-state index in [0.29, 0.717) is 12.6 Å². The summed E-state index contributed by atoms with van der Waals surface area (Å²) in [5.74, 6) is 0.897. The summed E-state index contributed by atoms with van der Waals surface area (Å²) in [7, 11) is 0. The molecule has 2 rings (SSSR count). The SMILES string of the molecule is CC[C@@H](C)NCc1cccc(OCc2ccc(Cl)cc2)c1. The molecule has 1 atom stereocenters. The third kappa shape index (κ3) is 5.41. The maximum absolute atomic E-state index is 5.87. The monoisotopic (exact) mass is 303 g/mol. The summed E-state index contributed by atoms with van der Waals surface area (Å²) in [6.45, 7) is 5.80. The molecule has 0 aliphatic rings. The molecule has 0 aliphatic heterocycles. The normalized spacial score (nSPS) is 12.1. The Morgan fingerprint density at radius 2 is 1.86 bits per heavy atom. The molecule has 0 spiro atoms. The highest BCUT2D eigenvalue weighted by molar-refractivity contribution is 6.30. The van der Waals surface area contributed by atoms with Crippen LogP contribution in [0.25, 0.3) is 0 Å². The molecule has 0 unspecified atom stereocenters. The van der Waals surface area contributed by atoms with Gasteiger partial charge < -0.3 is 10.1 Å². The minimum absolute atomic E-state index is 0.531. The Morgan fingerprint density at radius 3 is 2.57 bits per heavy atom. The first-order valence-electron chi connectivity index (χ1n) is 7.37. The lowest BCUT2D eigenvalue weighted by Gasteiger charge is -2.12. The Balaban J connectivity index is 1.90. The Labute approximate surface area is 132 Å². The summed E-state index contributed by atoms with van der Waals surface area (Å²) < 4.78 is 5.83. The Hall–Kier alpha value is -1.51. The predicted octanol–water partition coefficient (Wildman–Crippen LogP) is 4.81. The van der Waals surface area contributed by atoms with Crippen molar-refractivity contribution in [2.75, 3.05) is 0 Å². The van der Waals surface area contributed by atoms with Crippen molar-refractivity contribution < 1.29 is 4.74 Å². The molecule has 2 aromatic rings. The van der Waals surface area contributed by atoms with Crippen molar-refractivity contribution in [1.82, 2.24) is 5.32 Å². The topological polar surface area (TPSA) is 21.3 Å². The molecule has 112 valence electrons.